The Morgan fingerprint density at radius 1 is 1.05 bits per heavy atom. The standard InChI is InChI=1S/C17H16BrNO2/c1-21-16(14-10-6-3-7-11-14)15(17(18)20)19-12-13-8-4-2-5-9-13/h2-11,19H,12H2,1H3. The van der Waals surface area contributed by atoms with Crippen molar-refractivity contribution < 1.29 is 9.53 Å². The molecule has 0 spiro atoms. The predicted molar refractivity (Wildman–Crippen MR) is 87.6 cm³/mol. The fourth-order valence-electron chi connectivity index (χ4n) is 1.98. The summed E-state index contributed by atoms with van der Waals surface area (Å²) >= 11 is 3.01. The van der Waals surface area contributed by atoms with Crippen LogP contribution in [0.15, 0.2) is 66.4 Å². The largest absolute Gasteiger partial charge is 0.494 e. The van der Waals surface area contributed by atoms with Gasteiger partial charge in [-0.2, -0.15) is 0 Å². The lowest BCUT2D eigenvalue weighted by atomic mass is 10.1. The van der Waals surface area contributed by atoms with Crippen molar-refractivity contribution in [2.75, 3.05) is 7.11 Å². The molecule has 2 aromatic rings. The van der Waals surface area contributed by atoms with Gasteiger partial charge in [0.2, 0.25) is 4.69 Å². The molecule has 3 nitrogen and oxygen atoms in total. The number of carbonyl (C=O) groups is 1. The summed E-state index contributed by atoms with van der Waals surface area (Å²) in [6, 6.07) is 19.4. The number of carbonyl (C=O) groups excluding carboxylic acids is 1. The molecule has 0 fully saturated rings. The van der Waals surface area contributed by atoms with Crippen molar-refractivity contribution in [3.05, 3.63) is 77.5 Å². The zero-order chi connectivity index (χ0) is 15.1. The van der Waals surface area contributed by atoms with E-state index in [1.807, 2.05) is 60.7 Å². The van der Waals surface area contributed by atoms with Gasteiger partial charge in [-0.15, -0.1) is 0 Å². The van der Waals surface area contributed by atoms with Crippen LogP contribution in [0.1, 0.15) is 11.1 Å². The molecule has 0 saturated carbocycles. The van der Waals surface area contributed by atoms with Crippen LogP contribution in [-0.2, 0) is 16.1 Å². The minimum Gasteiger partial charge on any atom is -0.494 e. The number of hydrogen-bond donors (Lipinski definition) is 1. The van der Waals surface area contributed by atoms with Gasteiger partial charge in [-0.05, 0) is 21.5 Å². The average molecular weight is 346 g/mol. The second-order valence-electron chi connectivity index (χ2n) is 4.39. The number of rotatable bonds is 6. The summed E-state index contributed by atoms with van der Waals surface area (Å²) < 4.78 is 5.18. The van der Waals surface area contributed by atoms with Crippen LogP contribution in [0.3, 0.4) is 0 Å². The minimum absolute atomic E-state index is 0.237. The number of allylic oxidation sites excluding steroid dienone is 1. The SMILES string of the molecule is COC(=C(NCc1ccccc1)C(=O)Br)c1ccccc1. The summed E-state index contributed by atoms with van der Waals surface area (Å²) in [6.07, 6.45) is 0. The van der Waals surface area contributed by atoms with Crippen molar-refractivity contribution in [3.63, 3.8) is 0 Å². The van der Waals surface area contributed by atoms with Crippen molar-refractivity contribution in [2.45, 2.75) is 6.54 Å². The fourth-order valence-corrected chi connectivity index (χ4v) is 2.30. The van der Waals surface area contributed by atoms with Crippen molar-refractivity contribution in [3.8, 4) is 0 Å². The average Bonchev–Trinajstić information content (AvgIpc) is 2.53. The molecule has 0 unspecified atom stereocenters. The molecular formula is C17H16BrNO2. The van der Waals surface area contributed by atoms with E-state index in [1.54, 1.807) is 7.11 Å². The summed E-state index contributed by atoms with van der Waals surface area (Å²) in [5, 5.41) is 3.14. The van der Waals surface area contributed by atoms with Gasteiger partial charge in [-0.25, -0.2) is 0 Å². The Morgan fingerprint density at radius 2 is 1.62 bits per heavy atom. The molecule has 0 amide bonds. The maximum absolute atomic E-state index is 11.9. The van der Waals surface area contributed by atoms with E-state index in [-0.39, 0.29) is 4.69 Å². The first-order valence-electron chi connectivity index (χ1n) is 6.53. The Morgan fingerprint density at radius 3 is 2.14 bits per heavy atom. The molecule has 108 valence electrons. The van der Waals surface area contributed by atoms with Crippen LogP contribution < -0.4 is 5.32 Å². The van der Waals surface area contributed by atoms with E-state index in [1.165, 1.54) is 0 Å². The third-order valence-electron chi connectivity index (χ3n) is 2.98. The van der Waals surface area contributed by atoms with Crippen molar-refractivity contribution in [2.24, 2.45) is 0 Å². The van der Waals surface area contributed by atoms with Crippen LogP contribution in [0.2, 0.25) is 0 Å². The van der Waals surface area contributed by atoms with Crippen LogP contribution in [0.25, 0.3) is 5.76 Å². The van der Waals surface area contributed by atoms with Gasteiger partial charge in [0.15, 0.2) is 5.76 Å². The fraction of sp³-hybridized carbons (Fsp3) is 0.118. The lowest BCUT2D eigenvalue weighted by Crippen LogP contribution is -2.19. The van der Waals surface area contributed by atoms with E-state index in [4.69, 9.17) is 4.74 Å². The molecule has 0 aliphatic rings. The number of hydrogen-bond acceptors (Lipinski definition) is 3. The van der Waals surface area contributed by atoms with E-state index >= 15 is 0 Å². The molecule has 4 heteroatoms. The monoisotopic (exact) mass is 345 g/mol. The molecule has 1 N–H and O–H groups in total. The topological polar surface area (TPSA) is 38.3 Å². The van der Waals surface area contributed by atoms with Gasteiger partial charge in [-0.3, -0.25) is 4.79 Å². The van der Waals surface area contributed by atoms with Crippen molar-refractivity contribution >= 4 is 26.4 Å². The van der Waals surface area contributed by atoms with Crippen molar-refractivity contribution in [1.82, 2.24) is 5.32 Å². The smallest absolute Gasteiger partial charge is 0.247 e. The highest BCUT2D eigenvalue weighted by atomic mass is 79.9. The third-order valence-corrected chi connectivity index (χ3v) is 3.37. The van der Waals surface area contributed by atoms with E-state index in [9.17, 15) is 4.79 Å². The minimum atomic E-state index is -0.237. The molecule has 0 aromatic heterocycles. The Labute approximate surface area is 132 Å². The molecule has 0 heterocycles. The highest BCUT2D eigenvalue weighted by Gasteiger charge is 2.15. The number of methoxy groups -OCH3 is 1. The molecule has 0 radical (unpaired) electrons. The summed E-state index contributed by atoms with van der Waals surface area (Å²) in [6.45, 7) is 0.549. The molecule has 0 bridgehead atoms. The predicted octanol–water partition coefficient (Wildman–Crippen LogP) is 3.71. The zero-order valence-corrected chi connectivity index (χ0v) is 13.3. The summed E-state index contributed by atoms with van der Waals surface area (Å²) in [5.41, 5.74) is 2.35. The van der Waals surface area contributed by atoms with Gasteiger partial charge >= 0.3 is 0 Å². The molecule has 0 aliphatic carbocycles. The van der Waals surface area contributed by atoms with Gasteiger partial charge in [0, 0.05) is 12.1 Å². The van der Waals surface area contributed by atoms with Crippen LogP contribution in [0, 0.1) is 0 Å². The first kappa shape index (κ1) is 15.3. The highest BCUT2D eigenvalue weighted by molar-refractivity contribution is 9.18. The van der Waals surface area contributed by atoms with Crippen LogP contribution in [-0.4, -0.2) is 11.8 Å². The second kappa shape index (κ2) is 7.64. The lowest BCUT2D eigenvalue weighted by Gasteiger charge is -2.14. The van der Waals surface area contributed by atoms with Gasteiger partial charge in [-0.1, -0.05) is 60.7 Å². The third kappa shape index (κ3) is 4.20. The van der Waals surface area contributed by atoms with Crippen LogP contribution in [0.5, 0.6) is 0 Å². The first-order valence-corrected chi connectivity index (χ1v) is 7.33. The normalized spacial score (nSPS) is 11.5. The molecular weight excluding hydrogens is 330 g/mol. The summed E-state index contributed by atoms with van der Waals surface area (Å²) in [7, 11) is 1.56. The summed E-state index contributed by atoms with van der Waals surface area (Å²) in [5.74, 6) is 0.522. The van der Waals surface area contributed by atoms with E-state index in [0.29, 0.717) is 18.0 Å². The number of nitrogens with one attached hydrogen (secondary N) is 1. The molecule has 0 atom stereocenters. The molecule has 2 rings (SSSR count). The van der Waals surface area contributed by atoms with E-state index in [2.05, 4.69) is 21.2 Å². The van der Waals surface area contributed by atoms with Crippen LogP contribution in [0.4, 0.5) is 0 Å². The molecule has 0 aliphatic heterocycles. The first-order chi connectivity index (χ1) is 10.2. The quantitative estimate of drug-likeness (QED) is 0.492. The molecule has 0 saturated heterocycles. The Balaban J connectivity index is 2.28. The van der Waals surface area contributed by atoms with E-state index in [0.717, 1.165) is 11.1 Å². The Hall–Kier alpha value is -2.07. The van der Waals surface area contributed by atoms with E-state index < -0.39 is 0 Å². The van der Waals surface area contributed by atoms with Gasteiger partial charge in [0.25, 0.3) is 0 Å². The van der Waals surface area contributed by atoms with Gasteiger partial charge in [0.1, 0.15) is 5.70 Å². The Kier molecular flexibility index (Phi) is 5.58. The highest BCUT2D eigenvalue weighted by Crippen LogP contribution is 2.20. The molecule has 21 heavy (non-hydrogen) atoms. The molecule has 2 aromatic carbocycles. The second-order valence-corrected chi connectivity index (χ2v) is 5.11. The summed E-state index contributed by atoms with van der Waals surface area (Å²) in [4.78, 5) is 11.9. The zero-order valence-electron chi connectivity index (χ0n) is 11.7. The lowest BCUT2D eigenvalue weighted by molar-refractivity contribution is -0.107. The maximum atomic E-state index is 11.9. The maximum Gasteiger partial charge on any atom is 0.247 e. The number of ether oxygens (including phenoxy) is 1. The van der Waals surface area contributed by atoms with Gasteiger partial charge < -0.3 is 10.1 Å². The Bertz CT molecular complexity index is 624. The van der Waals surface area contributed by atoms with Gasteiger partial charge in [0.05, 0.1) is 7.11 Å². The number of halogens is 1. The van der Waals surface area contributed by atoms with Crippen molar-refractivity contribution in [1.29, 1.82) is 0 Å². The van der Waals surface area contributed by atoms with Crippen LogP contribution >= 0.6 is 15.9 Å². The number of benzene rings is 2.